The Bertz CT molecular complexity index is 175. The Morgan fingerprint density at radius 2 is 2.20 bits per heavy atom. The lowest BCUT2D eigenvalue weighted by molar-refractivity contribution is 0.672. The number of allylic oxidation sites excluding steroid dienone is 1. The van der Waals surface area contributed by atoms with Crippen molar-refractivity contribution < 1.29 is 0 Å². The molecule has 0 amide bonds. The number of nitrogens with zero attached hydrogens (tertiary/aromatic N) is 1. The van der Waals surface area contributed by atoms with Gasteiger partial charge in [0, 0.05) is 17.7 Å². The van der Waals surface area contributed by atoms with E-state index in [1.807, 2.05) is 0 Å². The molecule has 1 aliphatic heterocycles. The quantitative estimate of drug-likeness (QED) is 0.455. The summed E-state index contributed by atoms with van der Waals surface area (Å²) in [6, 6.07) is 0. The van der Waals surface area contributed by atoms with Crippen LogP contribution >= 0.6 is 0 Å². The first kappa shape index (κ1) is 7.52. The molecule has 0 atom stereocenters. The Morgan fingerprint density at radius 1 is 1.50 bits per heavy atom. The van der Waals surface area contributed by atoms with Gasteiger partial charge in [0.05, 0.1) is 0 Å². The van der Waals surface area contributed by atoms with Crippen molar-refractivity contribution in [1.29, 1.82) is 0 Å². The maximum absolute atomic E-state index is 4.43. The molecule has 1 rings (SSSR count). The summed E-state index contributed by atoms with van der Waals surface area (Å²) in [5, 5.41) is 0. The van der Waals surface area contributed by atoms with Gasteiger partial charge in [-0.15, -0.1) is 0 Å². The SMILES string of the molecule is CC1=NCCC=CC1(C)C. The minimum Gasteiger partial charge on any atom is -0.293 e. The van der Waals surface area contributed by atoms with Gasteiger partial charge < -0.3 is 0 Å². The van der Waals surface area contributed by atoms with Crippen molar-refractivity contribution in [2.45, 2.75) is 27.2 Å². The van der Waals surface area contributed by atoms with Crippen molar-refractivity contribution in [1.82, 2.24) is 0 Å². The van der Waals surface area contributed by atoms with Crippen LogP contribution in [-0.4, -0.2) is 12.3 Å². The van der Waals surface area contributed by atoms with Crippen molar-refractivity contribution in [3.05, 3.63) is 12.2 Å². The summed E-state index contributed by atoms with van der Waals surface area (Å²) in [5.74, 6) is 0. The number of aliphatic imine (C=N–C) groups is 1. The van der Waals surface area contributed by atoms with Crippen LogP contribution in [0.5, 0.6) is 0 Å². The highest BCUT2D eigenvalue weighted by molar-refractivity contribution is 5.89. The lowest BCUT2D eigenvalue weighted by atomic mass is 9.88. The van der Waals surface area contributed by atoms with E-state index in [0.717, 1.165) is 13.0 Å². The average Bonchev–Trinajstić information content (AvgIpc) is 1.96. The van der Waals surface area contributed by atoms with Crippen LogP contribution in [0.15, 0.2) is 17.1 Å². The number of rotatable bonds is 0. The predicted octanol–water partition coefficient (Wildman–Crippen LogP) is 2.43. The van der Waals surface area contributed by atoms with Crippen molar-refractivity contribution in [2.24, 2.45) is 10.4 Å². The van der Waals surface area contributed by atoms with Crippen LogP contribution in [0, 0.1) is 5.41 Å². The minimum atomic E-state index is 0.191. The first-order valence-electron chi connectivity index (χ1n) is 3.82. The first-order valence-corrected chi connectivity index (χ1v) is 3.82. The van der Waals surface area contributed by atoms with E-state index in [1.165, 1.54) is 5.71 Å². The Hall–Kier alpha value is -0.590. The Morgan fingerprint density at radius 3 is 2.90 bits per heavy atom. The van der Waals surface area contributed by atoms with Crippen molar-refractivity contribution in [3.63, 3.8) is 0 Å². The van der Waals surface area contributed by atoms with Crippen LogP contribution in [0.4, 0.5) is 0 Å². The largest absolute Gasteiger partial charge is 0.293 e. The Kier molecular flexibility index (Phi) is 1.93. The number of hydrogen-bond acceptors (Lipinski definition) is 1. The molecule has 0 bridgehead atoms. The lowest BCUT2D eigenvalue weighted by Crippen LogP contribution is -2.17. The fraction of sp³-hybridized carbons (Fsp3) is 0.667. The molecule has 0 aromatic heterocycles. The van der Waals surface area contributed by atoms with Gasteiger partial charge in [0.25, 0.3) is 0 Å². The third-order valence-electron chi connectivity index (χ3n) is 2.11. The van der Waals surface area contributed by atoms with E-state index >= 15 is 0 Å². The Balaban J connectivity index is 2.86. The van der Waals surface area contributed by atoms with E-state index in [2.05, 4.69) is 37.9 Å². The summed E-state index contributed by atoms with van der Waals surface area (Å²) in [7, 11) is 0. The molecule has 0 radical (unpaired) electrons. The highest BCUT2D eigenvalue weighted by Crippen LogP contribution is 2.21. The molecule has 0 fully saturated rings. The zero-order chi connectivity index (χ0) is 7.61. The maximum Gasteiger partial charge on any atom is 0.0423 e. The van der Waals surface area contributed by atoms with Gasteiger partial charge in [-0.1, -0.05) is 26.0 Å². The van der Waals surface area contributed by atoms with Crippen molar-refractivity contribution in [2.75, 3.05) is 6.54 Å². The maximum atomic E-state index is 4.43. The molecule has 10 heavy (non-hydrogen) atoms. The third kappa shape index (κ3) is 1.47. The second-order valence-electron chi connectivity index (χ2n) is 3.38. The summed E-state index contributed by atoms with van der Waals surface area (Å²) in [6.45, 7) is 7.47. The Labute approximate surface area is 62.9 Å². The molecule has 1 heteroatoms. The third-order valence-corrected chi connectivity index (χ3v) is 2.11. The summed E-state index contributed by atoms with van der Waals surface area (Å²) in [6.07, 6.45) is 5.57. The predicted molar refractivity (Wildman–Crippen MR) is 45.5 cm³/mol. The molecule has 0 aliphatic carbocycles. The van der Waals surface area contributed by atoms with Gasteiger partial charge in [-0.05, 0) is 13.3 Å². The zero-order valence-electron chi connectivity index (χ0n) is 7.02. The molecule has 0 N–H and O–H groups in total. The van der Waals surface area contributed by atoms with Gasteiger partial charge in [0.15, 0.2) is 0 Å². The number of hydrogen-bond donors (Lipinski definition) is 0. The normalized spacial score (nSPS) is 23.7. The van der Waals surface area contributed by atoms with E-state index in [1.54, 1.807) is 0 Å². The van der Waals surface area contributed by atoms with Gasteiger partial charge in [-0.2, -0.15) is 0 Å². The molecule has 1 aliphatic rings. The van der Waals surface area contributed by atoms with Crippen molar-refractivity contribution >= 4 is 5.71 Å². The topological polar surface area (TPSA) is 12.4 Å². The fourth-order valence-corrected chi connectivity index (χ4v) is 1.01. The van der Waals surface area contributed by atoms with Crippen LogP contribution in [0.1, 0.15) is 27.2 Å². The van der Waals surface area contributed by atoms with Crippen LogP contribution in [0.3, 0.4) is 0 Å². The second kappa shape index (κ2) is 2.57. The molecule has 0 aromatic rings. The summed E-state index contributed by atoms with van der Waals surface area (Å²) < 4.78 is 0. The molecule has 56 valence electrons. The molecule has 0 unspecified atom stereocenters. The average molecular weight is 137 g/mol. The summed E-state index contributed by atoms with van der Waals surface area (Å²) in [4.78, 5) is 4.43. The van der Waals surface area contributed by atoms with E-state index in [-0.39, 0.29) is 5.41 Å². The van der Waals surface area contributed by atoms with E-state index in [9.17, 15) is 0 Å². The monoisotopic (exact) mass is 137 g/mol. The van der Waals surface area contributed by atoms with Gasteiger partial charge >= 0.3 is 0 Å². The molecule has 0 aromatic carbocycles. The first-order chi connectivity index (χ1) is 4.63. The standard InChI is InChI=1S/C9H15N/c1-8-9(2,3)6-4-5-7-10-8/h4,6H,5,7H2,1-3H3. The van der Waals surface area contributed by atoms with E-state index in [4.69, 9.17) is 0 Å². The zero-order valence-corrected chi connectivity index (χ0v) is 7.02. The van der Waals surface area contributed by atoms with E-state index < -0.39 is 0 Å². The molecule has 0 saturated heterocycles. The summed E-state index contributed by atoms with van der Waals surface area (Å²) >= 11 is 0. The molecule has 0 saturated carbocycles. The molecular weight excluding hydrogens is 122 g/mol. The second-order valence-corrected chi connectivity index (χ2v) is 3.38. The molecule has 1 nitrogen and oxygen atoms in total. The smallest absolute Gasteiger partial charge is 0.0423 e. The molecule has 1 heterocycles. The van der Waals surface area contributed by atoms with E-state index in [0.29, 0.717) is 0 Å². The highest BCUT2D eigenvalue weighted by atomic mass is 14.7. The van der Waals surface area contributed by atoms with Gasteiger partial charge in [-0.25, -0.2) is 0 Å². The van der Waals surface area contributed by atoms with Crippen LogP contribution in [-0.2, 0) is 0 Å². The van der Waals surface area contributed by atoms with Crippen LogP contribution in [0.2, 0.25) is 0 Å². The summed E-state index contributed by atoms with van der Waals surface area (Å²) in [5.41, 5.74) is 1.44. The fourth-order valence-electron chi connectivity index (χ4n) is 1.01. The lowest BCUT2D eigenvalue weighted by Gasteiger charge is -2.18. The minimum absolute atomic E-state index is 0.191. The van der Waals surface area contributed by atoms with Gasteiger partial charge in [0.1, 0.15) is 0 Å². The molecular formula is C9H15N. The van der Waals surface area contributed by atoms with Crippen LogP contribution < -0.4 is 0 Å². The van der Waals surface area contributed by atoms with Crippen molar-refractivity contribution in [3.8, 4) is 0 Å². The highest BCUT2D eigenvalue weighted by Gasteiger charge is 2.18. The van der Waals surface area contributed by atoms with Gasteiger partial charge in [-0.3, -0.25) is 4.99 Å². The molecule has 0 spiro atoms. The van der Waals surface area contributed by atoms with Gasteiger partial charge in [0.2, 0.25) is 0 Å². The van der Waals surface area contributed by atoms with Crippen LogP contribution in [0.25, 0.3) is 0 Å².